The van der Waals surface area contributed by atoms with Crippen molar-refractivity contribution in [1.82, 2.24) is 5.01 Å². The van der Waals surface area contributed by atoms with Gasteiger partial charge in [0.05, 0.1) is 25.5 Å². The molecule has 0 saturated carbocycles. The first-order valence-corrected chi connectivity index (χ1v) is 9.20. The zero-order valence-electron chi connectivity index (χ0n) is 15.2. The summed E-state index contributed by atoms with van der Waals surface area (Å²) in [5.74, 6) is 2.81. The highest BCUT2D eigenvalue weighted by atomic mass is 16.5. The lowest BCUT2D eigenvalue weighted by Crippen LogP contribution is -2.45. The Balaban J connectivity index is 1.34. The van der Waals surface area contributed by atoms with Crippen LogP contribution in [0.25, 0.3) is 0 Å². The van der Waals surface area contributed by atoms with Crippen molar-refractivity contribution in [3.05, 3.63) is 84.6 Å². The van der Waals surface area contributed by atoms with Crippen LogP contribution in [0, 0.1) is 0 Å². The summed E-state index contributed by atoms with van der Waals surface area (Å²) in [6.07, 6.45) is 3.87. The fourth-order valence-electron chi connectivity index (χ4n) is 3.06. The molecule has 0 spiro atoms. The maximum absolute atomic E-state index is 5.89. The Kier molecular flexibility index (Phi) is 5.29. The minimum Gasteiger partial charge on any atom is -0.457 e. The van der Waals surface area contributed by atoms with E-state index in [2.05, 4.69) is 32.1 Å². The number of benzene rings is 2. The molecule has 0 bridgehead atoms. The van der Waals surface area contributed by atoms with Crippen LogP contribution in [0.5, 0.6) is 11.5 Å². The Bertz CT molecular complexity index is 875. The van der Waals surface area contributed by atoms with Crippen LogP contribution in [-0.4, -0.2) is 37.4 Å². The second kappa shape index (κ2) is 8.36. The molecule has 5 nitrogen and oxygen atoms in total. The van der Waals surface area contributed by atoms with Crippen LogP contribution in [0.15, 0.2) is 84.1 Å². The second-order valence-electron chi connectivity index (χ2n) is 6.42. The largest absolute Gasteiger partial charge is 0.457 e. The molecule has 0 atom stereocenters. The Morgan fingerprint density at radius 3 is 2.37 bits per heavy atom. The van der Waals surface area contributed by atoms with E-state index in [1.807, 2.05) is 73.1 Å². The first-order chi connectivity index (χ1) is 13.4. The molecule has 5 heteroatoms. The SMILES string of the molecule is C(=NN1CCN(c2cccc[nH+]2)CC1)c1cccc(Oc2ccccc2)c1. The van der Waals surface area contributed by atoms with Crippen LogP contribution >= 0.6 is 0 Å². The topological polar surface area (TPSA) is 42.2 Å². The van der Waals surface area contributed by atoms with Gasteiger partial charge in [-0.05, 0) is 35.9 Å². The molecule has 0 amide bonds. The molecular formula is C22H23N4O+. The summed E-state index contributed by atoms with van der Waals surface area (Å²) in [6.45, 7) is 3.71. The highest BCUT2D eigenvalue weighted by molar-refractivity contribution is 5.80. The van der Waals surface area contributed by atoms with Crippen LogP contribution in [0.2, 0.25) is 0 Å². The first-order valence-electron chi connectivity index (χ1n) is 9.20. The molecule has 1 fully saturated rings. The van der Waals surface area contributed by atoms with Crippen molar-refractivity contribution >= 4 is 12.0 Å². The number of anilines is 1. The molecule has 2 heterocycles. The summed E-state index contributed by atoms with van der Waals surface area (Å²) in [7, 11) is 0. The second-order valence-corrected chi connectivity index (χ2v) is 6.42. The van der Waals surface area contributed by atoms with E-state index in [1.165, 1.54) is 0 Å². The number of aromatic amines is 1. The van der Waals surface area contributed by atoms with Crippen molar-refractivity contribution in [2.45, 2.75) is 0 Å². The minimum atomic E-state index is 0.814. The van der Waals surface area contributed by atoms with Gasteiger partial charge in [-0.1, -0.05) is 36.4 Å². The van der Waals surface area contributed by atoms with Gasteiger partial charge in [-0.15, -0.1) is 0 Å². The number of piperazine rings is 1. The van der Waals surface area contributed by atoms with Gasteiger partial charge >= 0.3 is 0 Å². The third kappa shape index (κ3) is 4.64. The molecule has 1 N–H and O–H groups in total. The van der Waals surface area contributed by atoms with Crippen LogP contribution in [0.3, 0.4) is 0 Å². The van der Waals surface area contributed by atoms with Crippen molar-refractivity contribution in [3.63, 3.8) is 0 Å². The number of nitrogens with one attached hydrogen (secondary N) is 1. The lowest BCUT2D eigenvalue weighted by atomic mass is 10.2. The Labute approximate surface area is 159 Å². The molecule has 0 aliphatic carbocycles. The lowest BCUT2D eigenvalue weighted by Gasteiger charge is -2.28. The third-order valence-corrected chi connectivity index (χ3v) is 4.50. The van der Waals surface area contributed by atoms with E-state index in [1.54, 1.807) is 0 Å². The molecule has 1 aromatic heterocycles. The zero-order chi connectivity index (χ0) is 18.3. The molecule has 1 aliphatic rings. The average molecular weight is 359 g/mol. The number of aromatic nitrogens is 1. The van der Waals surface area contributed by atoms with Gasteiger partial charge in [-0.25, -0.2) is 4.98 Å². The number of rotatable bonds is 5. The zero-order valence-corrected chi connectivity index (χ0v) is 15.2. The van der Waals surface area contributed by atoms with Crippen molar-refractivity contribution in [1.29, 1.82) is 0 Å². The Hall–Kier alpha value is -3.34. The van der Waals surface area contributed by atoms with Gasteiger partial charge in [0.2, 0.25) is 0 Å². The molecule has 3 aromatic rings. The summed E-state index contributed by atoms with van der Waals surface area (Å²) in [5.41, 5.74) is 1.03. The number of hydrogen-bond acceptors (Lipinski definition) is 4. The fraction of sp³-hybridized carbons (Fsp3) is 0.182. The predicted molar refractivity (Wildman–Crippen MR) is 107 cm³/mol. The minimum absolute atomic E-state index is 0.814. The predicted octanol–water partition coefficient (Wildman–Crippen LogP) is 3.45. The maximum atomic E-state index is 5.89. The fourth-order valence-corrected chi connectivity index (χ4v) is 3.06. The van der Waals surface area contributed by atoms with Gasteiger partial charge in [-0.2, -0.15) is 5.10 Å². The Morgan fingerprint density at radius 1 is 0.815 bits per heavy atom. The average Bonchev–Trinajstić information content (AvgIpc) is 2.74. The summed E-state index contributed by atoms with van der Waals surface area (Å²) >= 11 is 0. The molecule has 1 aliphatic heterocycles. The molecule has 2 aromatic carbocycles. The molecule has 1 saturated heterocycles. The summed E-state index contributed by atoms with van der Waals surface area (Å²) in [5, 5.41) is 6.76. The molecule has 27 heavy (non-hydrogen) atoms. The van der Waals surface area contributed by atoms with E-state index in [9.17, 15) is 0 Å². The maximum Gasteiger partial charge on any atom is 0.274 e. The summed E-state index contributed by atoms with van der Waals surface area (Å²) in [6, 6.07) is 24.0. The van der Waals surface area contributed by atoms with Crippen LogP contribution in [-0.2, 0) is 0 Å². The van der Waals surface area contributed by atoms with E-state index in [0.717, 1.165) is 49.1 Å². The van der Waals surface area contributed by atoms with Gasteiger partial charge in [0, 0.05) is 6.07 Å². The number of hydrogen-bond donors (Lipinski definition) is 0. The number of H-pyrrole nitrogens is 1. The number of ether oxygens (including phenoxy) is 1. The number of hydrazone groups is 1. The van der Waals surface area contributed by atoms with E-state index >= 15 is 0 Å². The number of para-hydroxylation sites is 1. The molecule has 0 radical (unpaired) electrons. The highest BCUT2D eigenvalue weighted by Gasteiger charge is 2.21. The summed E-state index contributed by atoms with van der Waals surface area (Å²) in [4.78, 5) is 5.64. The third-order valence-electron chi connectivity index (χ3n) is 4.50. The monoisotopic (exact) mass is 359 g/mol. The highest BCUT2D eigenvalue weighted by Crippen LogP contribution is 2.21. The first kappa shape index (κ1) is 17.1. The van der Waals surface area contributed by atoms with Crippen molar-refractivity contribution in [2.75, 3.05) is 31.1 Å². The van der Waals surface area contributed by atoms with Crippen LogP contribution < -0.4 is 14.6 Å². The van der Waals surface area contributed by atoms with Crippen LogP contribution in [0.4, 0.5) is 5.82 Å². The van der Waals surface area contributed by atoms with Gasteiger partial charge < -0.3 is 4.74 Å². The number of nitrogens with zero attached hydrogens (tertiary/aromatic N) is 3. The van der Waals surface area contributed by atoms with E-state index in [-0.39, 0.29) is 0 Å². The molecule has 4 rings (SSSR count). The number of pyridine rings is 1. The smallest absolute Gasteiger partial charge is 0.274 e. The van der Waals surface area contributed by atoms with Crippen molar-refractivity contribution in [2.24, 2.45) is 5.10 Å². The van der Waals surface area contributed by atoms with E-state index < -0.39 is 0 Å². The molecule has 136 valence electrons. The lowest BCUT2D eigenvalue weighted by molar-refractivity contribution is -0.364. The van der Waals surface area contributed by atoms with Gasteiger partial charge in [0.25, 0.3) is 5.82 Å². The van der Waals surface area contributed by atoms with E-state index in [4.69, 9.17) is 4.74 Å². The normalized spacial score (nSPS) is 14.5. The Morgan fingerprint density at radius 2 is 1.59 bits per heavy atom. The van der Waals surface area contributed by atoms with Gasteiger partial charge in [-0.3, -0.25) is 9.91 Å². The molecule has 0 unspecified atom stereocenters. The van der Waals surface area contributed by atoms with Crippen LogP contribution in [0.1, 0.15) is 5.56 Å². The van der Waals surface area contributed by atoms with E-state index in [0.29, 0.717) is 0 Å². The quantitative estimate of drug-likeness (QED) is 0.655. The molecular weight excluding hydrogens is 336 g/mol. The van der Waals surface area contributed by atoms with Crippen molar-refractivity contribution < 1.29 is 9.72 Å². The summed E-state index contributed by atoms with van der Waals surface area (Å²) < 4.78 is 5.89. The standard InChI is InChI=1S/C22H22N4O/c1-2-8-20(9-3-1)27-21-10-6-7-19(17-21)18-24-26-15-13-25(14-16-26)22-11-4-5-12-23-22/h1-12,17-18H,13-16H2/p+1. The van der Waals surface area contributed by atoms with Gasteiger partial charge in [0.15, 0.2) is 0 Å². The van der Waals surface area contributed by atoms with Gasteiger partial charge in [0.1, 0.15) is 24.6 Å². The van der Waals surface area contributed by atoms with Crippen molar-refractivity contribution in [3.8, 4) is 11.5 Å².